The van der Waals surface area contributed by atoms with Crippen molar-refractivity contribution in [3.05, 3.63) is 61.7 Å². The summed E-state index contributed by atoms with van der Waals surface area (Å²) in [6.45, 7) is 0. The molecule has 0 aliphatic carbocycles. The number of benzene rings is 2. The molecule has 3 rings (SSSR count). The molecule has 0 amide bonds. The Labute approximate surface area is 138 Å². The van der Waals surface area contributed by atoms with Crippen molar-refractivity contribution in [2.45, 2.75) is 0 Å². The minimum atomic E-state index is 0.977. The zero-order chi connectivity index (χ0) is 13.2. The number of halogens is 2. The van der Waals surface area contributed by atoms with Gasteiger partial charge < -0.3 is 0 Å². The summed E-state index contributed by atoms with van der Waals surface area (Å²) in [4.78, 5) is 0. The lowest BCUT2D eigenvalue weighted by atomic mass is 10.1. The molecule has 2 aromatic carbocycles. The summed E-state index contributed by atoms with van der Waals surface area (Å²) in [5, 5.41) is 7.49. The highest BCUT2D eigenvalue weighted by molar-refractivity contribution is 14.1. The van der Waals surface area contributed by atoms with Crippen LogP contribution in [0.3, 0.4) is 0 Å². The van der Waals surface area contributed by atoms with Gasteiger partial charge in [-0.1, -0.05) is 24.3 Å². The fourth-order valence-electron chi connectivity index (χ4n) is 1.87. The second-order valence-electron chi connectivity index (χ2n) is 4.18. The van der Waals surface area contributed by atoms with Crippen molar-refractivity contribution < 1.29 is 0 Å². The fourth-order valence-corrected chi connectivity index (χ4v) is 2.59. The van der Waals surface area contributed by atoms with Gasteiger partial charge in [-0.2, -0.15) is 5.10 Å². The number of hydrogen-bond acceptors (Lipinski definition) is 1. The van der Waals surface area contributed by atoms with Crippen LogP contribution in [0, 0.1) is 7.14 Å². The van der Waals surface area contributed by atoms with Crippen LogP contribution in [0.15, 0.2) is 54.6 Å². The van der Waals surface area contributed by atoms with Crippen molar-refractivity contribution in [2.75, 3.05) is 0 Å². The van der Waals surface area contributed by atoms with Gasteiger partial charge in [-0.25, -0.2) is 0 Å². The molecule has 1 N–H and O–H groups in total. The van der Waals surface area contributed by atoms with Gasteiger partial charge in [0.2, 0.25) is 0 Å². The number of aromatic amines is 1. The summed E-state index contributed by atoms with van der Waals surface area (Å²) in [7, 11) is 0. The Hall–Kier alpha value is -0.890. The molecule has 2 nitrogen and oxygen atoms in total. The molecular formula is C15H10I2N2. The van der Waals surface area contributed by atoms with Crippen molar-refractivity contribution in [2.24, 2.45) is 0 Å². The topological polar surface area (TPSA) is 28.7 Å². The predicted octanol–water partition coefficient (Wildman–Crippen LogP) is 4.95. The van der Waals surface area contributed by atoms with Crippen LogP contribution in [0.5, 0.6) is 0 Å². The predicted molar refractivity (Wildman–Crippen MR) is 94.9 cm³/mol. The van der Waals surface area contributed by atoms with Gasteiger partial charge in [0.15, 0.2) is 0 Å². The summed E-state index contributed by atoms with van der Waals surface area (Å²) in [5.74, 6) is 0. The Bertz CT molecular complexity index is 625. The molecule has 0 bridgehead atoms. The SMILES string of the molecule is Ic1ccc(-c2cc(-c3ccc(I)cc3)[nH]n2)cc1. The molecule has 0 unspecified atom stereocenters. The normalized spacial score (nSPS) is 10.6. The maximum absolute atomic E-state index is 4.39. The minimum absolute atomic E-state index is 0.977. The van der Waals surface area contributed by atoms with Crippen molar-refractivity contribution in [3.63, 3.8) is 0 Å². The zero-order valence-electron chi connectivity index (χ0n) is 9.90. The molecule has 4 heteroatoms. The molecule has 0 saturated carbocycles. The first-order chi connectivity index (χ1) is 9.22. The molecule has 0 radical (unpaired) electrons. The Morgan fingerprint density at radius 3 is 1.84 bits per heavy atom. The number of nitrogens with one attached hydrogen (secondary N) is 1. The largest absolute Gasteiger partial charge is 0.277 e. The summed E-state index contributed by atoms with van der Waals surface area (Å²) < 4.78 is 2.47. The van der Waals surface area contributed by atoms with Crippen molar-refractivity contribution in [3.8, 4) is 22.5 Å². The van der Waals surface area contributed by atoms with Gasteiger partial charge in [0.05, 0.1) is 11.4 Å². The van der Waals surface area contributed by atoms with Gasteiger partial charge in [-0.15, -0.1) is 0 Å². The zero-order valence-corrected chi connectivity index (χ0v) is 14.2. The van der Waals surface area contributed by atoms with Crippen molar-refractivity contribution >= 4 is 45.2 Å². The monoisotopic (exact) mass is 472 g/mol. The van der Waals surface area contributed by atoms with Gasteiger partial charge in [0, 0.05) is 12.7 Å². The average molecular weight is 472 g/mol. The highest BCUT2D eigenvalue weighted by Gasteiger charge is 2.05. The van der Waals surface area contributed by atoms with E-state index >= 15 is 0 Å². The van der Waals surface area contributed by atoms with E-state index in [-0.39, 0.29) is 0 Å². The van der Waals surface area contributed by atoms with E-state index in [1.807, 2.05) is 0 Å². The Morgan fingerprint density at radius 2 is 1.26 bits per heavy atom. The van der Waals surface area contributed by atoms with Gasteiger partial charge >= 0.3 is 0 Å². The number of aromatic nitrogens is 2. The molecule has 0 saturated heterocycles. The summed E-state index contributed by atoms with van der Waals surface area (Å²) in [6.07, 6.45) is 0. The molecule has 0 aliphatic rings. The smallest absolute Gasteiger partial charge is 0.0927 e. The molecule has 0 atom stereocenters. The lowest BCUT2D eigenvalue weighted by Crippen LogP contribution is -1.78. The lowest BCUT2D eigenvalue weighted by molar-refractivity contribution is 1.10. The number of nitrogens with zero attached hydrogens (tertiary/aromatic N) is 1. The van der Waals surface area contributed by atoms with Crippen LogP contribution in [0.4, 0.5) is 0 Å². The van der Waals surface area contributed by atoms with Gasteiger partial charge in [0.25, 0.3) is 0 Å². The molecule has 1 aromatic heterocycles. The lowest BCUT2D eigenvalue weighted by Gasteiger charge is -1.97. The molecular weight excluding hydrogens is 462 g/mol. The van der Waals surface area contributed by atoms with Crippen LogP contribution >= 0.6 is 45.2 Å². The van der Waals surface area contributed by atoms with E-state index < -0.39 is 0 Å². The van der Waals surface area contributed by atoms with E-state index in [0.29, 0.717) is 0 Å². The van der Waals surface area contributed by atoms with Crippen LogP contribution in [-0.2, 0) is 0 Å². The van der Waals surface area contributed by atoms with Gasteiger partial charge in [-0.3, -0.25) is 5.10 Å². The van der Waals surface area contributed by atoms with E-state index in [1.165, 1.54) is 7.14 Å². The molecule has 94 valence electrons. The van der Waals surface area contributed by atoms with Crippen LogP contribution < -0.4 is 0 Å². The Balaban J connectivity index is 1.95. The molecule has 0 aliphatic heterocycles. The maximum Gasteiger partial charge on any atom is 0.0927 e. The highest BCUT2D eigenvalue weighted by Crippen LogP contribution is 2.24. The average Bonchev–Trinajstić information content (AvgIpc) is 2.90. The first kappa shape index (κ1) is 13.1. The summed E-state index contributed by atoms with van der Waals surface area (Å²) in [5.41, 5.74) is 4.31. The molecule has 19 heavy (non-hydrogen) atoms. The third-order valence-corrected chi connectivity index (χ3v) is 4.31. The van der Waals surface area contributed by atoms with Crippen molar-refractivity contribution in [1.82, 2.24) is 10.2 Å². The standard InChI is InChI=1S/C15H10I2N2/c16-12-5-1-10(2-6-12)14-9-15(19-18-14)11-3-7-13(17)8-4-11/h1-9H,(H,18,19). The molecule has 3 aromatic rings. The van der Waals surface area contributed by atoms with Gasteiger partial charge in [0.1, 0.15) is 0 Å². The minimum Gasteiger partial charge on any atom is -0.277 e. The van der Waals surface area contributed by atoms with E-state index in [9.17, 15) is 0 Å². The quantitative estimate of drug-likeness (QED) is 0.526. The fraction of sp³-hybridized carbons (Fsp3) is 0. The van der Waals surface area contributed by atoms with Crippen LogP contribution in [0.2, 0.25) is 0 Å². The van der Waals surface area contributed by atoms with E-state index in [4.69, 9.17) is 0 Å². The van der Waals surface area contributed by atoms with Crippen LogP contribution in [-0.4, -0.2) is 10.2 Å². The highest BCUT2D eigenvalue weighted by atomic mass is 127. The Kier molecular flexibility index (Phi) is 3.88. The molecule has 1 heterocycles. The first-order valence-electron chi connectivity index (χ1n) is 5.80. The number of hydrogen-bond donors (Lipinski definition) is 1. The third-order valence-electron chi connectivity index (χ3n) is 2.87. The van der Waals surface area contributed by atoms with Crippen LogP contribution in [0.25, 0.3) is 22.5 Å². The summed E-state index contributed by atoms with van der Waals surface area (Å²) in [6, 6.07) is 18.9. The summed E-state index contributed by atoms with van der Waals surface area (Å²) >= 11 is 4.61. The molecule has 0 spiro atoms. The second kappa shape index (κ2) is 5.62. The first-order valence-corrected chi connectivity index (χ1v) is 7.95. The van der Waals surface area contributed by atoms with E-state index in [2.05, 4.69) is 110 Å². The van der Waals surface area contributed by atoms with Crippen molar-refractivity contribution in [1.29, 1.82) is 0 Å². The second-order valence-corrected chi connectivity index (χ2v) is 6.67. The third kappa shape index (κ3) is 3.00. The number of rotatable bonds is 2. The Morgan fingerprint density at radius 1 is 0.737 bits per heavy atom. The maximum atomic E-state index is 4.39. The van der Waals surface area contributed by atoms with Crippen LogP contribution in [0.1, 0.15) is 0 Å². The number of H-pyrrole nitrogens is 1. The molecule has 0 fully saturated rings. The van der Waals surface area contributed by atoms with Gasteiger partial charge in [-0.05, 0) is 81.1 Å². The van der Waals surface area contributed by atoms with E-state index in [0.717, 1.165) is 22.5 Å². The van der Waals surface area contributed by atoms with E-state index in [1.54, 1.807) is 0 Å².